The van der Waals surface area contributed by atoms with Gasteiger partial charge in [0.05, 0.1) is 24.4 Å². The molecule has 1 aliphatic rings. The summed E-state index contributed by atoms with van der Waals surface area (Å²) in [5, 5.41) is 0.732. The van der Waals surface area contributed by atoms with E-state index in [1.807, 2.05) is 13.0 Å². The first-order valence-electron chi connectivity index (χ1n) is 6.31. The summed E-state index contributed by atoms with van der Waals surface area (Å²) in [5.74, 6) is 0. The van der Waals surface area contributed by atoms with Crippen molar-refractivity contribution in [2.24, 2.45) is 0 Å². The van der Waals surface area contributed by atoms with Gasteiger partial charge in [0.25, 0.3) is 5.56 Å². The smallest absolute Gasteiger partial charge is 0.262 e. The number of nitrogens with zero attached hydrogens (tertiary/aromatic N) is 2. The summed E-state index contributed by atoms with van der Waals surface area (Å²) in [7, 11) is 0. The predicted molar refractivity (Wildman–Crippen MR) is 72.2 cm³/mol. The Kier molecular flexibility index (Phi) is 3.18. The Morgan fingerprint density at radius 3 is 3.22 bits per heavy atom. The highest BCUT2D eigenvalue weighted by Gasteiger charge is 2.16. The van der Waals surface area contributed by atoms with E-state index in [2.05, 4.69) is 4.98 Å². The predicted octanol–water partition coefficient (Wildman–Crippen LogP) is 2.34. The third-order valence-corrected chi connectivity index (χ3v) is 4.27. The van der Waals surface area contributed by atoms with Crippen molar-refractivity contribution >= 4 is 21.6 Å². The zero-order valence-corrected chi connectivity index (χ0v) is 11.2. The molecule has 18 heavy (non-hydrogen) atoms. The van der Waals surface area contributed by atoms with Gasteiger partial charge < -0.3 is 4.74 Å². The van der Waals surface area contributed by atoms with Crippen molar-refractivity contribution in [3.8, 4) is 0 Å². The topological polar surface area (TPSA) is 44.1 Å². The zero-order valence-electron chi connectivity index (χ0n) is 10.4. The van der Waals surface area contributed by atoms with Gasteiger partial charge in [-0.15, -0.1) is 11.3 Å². The summed E-state index contributed by atoms with van der Waals surface area (Å²) in [4.78, 5) is 18.6. The molecule has 0 amide bonds. The molecule has 3 heterocycles. The molecule has 1 fully saturated rings. The number of rotatable bonds is 2. The van der Waals surface area contributed by atoms with Gasteiger partial charge in [-0.25, -0.2) is 4.98 Å². The van der Waals surface area contributed by atoms with Crippen molar-refractivity contribution in [3.05, 3.63) is 27.6 Å². The molecule has 3 rings (SSSR count). The molecular formula is C13H16N2O2S. The molecule has 2 aromatic heterocycles. The van der Waals surface area contributed by atoms with Crippen LogP contribution in [0.5, 0.6) is 0 Å². The number of hydrogen-bond donors (Lipinski definition) is 0. The van der Waals surface area contributed by atoms with E-state index < -0.39 is 0 Å². The van der Waals surface area contributed by atoms with Crippen molar-refractivity contribution in [2.45, 2.75) is 38.8 Å². The molecule has 5 heteroatoms. The van der Waals surface area contributed by atoms with Gasteiger partial charge in [-0.2, -0.15) is 0 Å². The monoisotopic (exact) mass is 264 g/mol. The quantitative estimate of drug-likeness (QED) is 0.836. The van der Waals surface area contributed by atoms with E-state index in [0.29, 0.717) is 6.54 Å². The molecule has 2 aromatic rings. The lowest BCUT2D eigenvalue weighted by atomic mass is 10.1. The highest BCUT2D eigenvalue weighted by molar-refractivity contribution is 7.18. The molecule has 1 aliphatic heterocycles. The average molecular weight is 264 g/mol. The third kappa shape index (κ3) is 2.20. The Morgan fingerprint density at radius 2 is 2.44 bits per heavy atom. The Morgan fingerprint density at radius 1 is 1.56 bits per heavy atom. The molecule has 0 spiro atoms. The van der Waals surface area contributed by atoms with E-state index >= 15 is 0 Å². The van der Waals surface area contributed by atoms with Crippen LogP contribution in [0, 0.1) is 6.92 Å². The lowest BCUT2D eigenvalue weighted by Gasteiger charge is -2.22. The van der Waals surface area contributed by atoms with Gasteiger partial charge in [-0.05, 0) is 32.3 Å². The van der Waals surface area contributed by atoms with Crippen molar-refractivity contribution in [1.29, 1.82) is 0 Å². The average Bonchev–Trinajstić information content (AvgIpc) is 2.76. The van der Waals surface area contributed by atoms with E-state index in [1.165, 1.54) is 6.42 Å². The van der Waals surface area contributed by atoms with Crippen LogP contribution in [0.15, 0.2) is 17.2 Å². The Labute approximate surface area is 109 Å². The standard InChI is InChI=1S/C13H16N2O2S/c1-9-6-11-12(18-9)14-8-15(13(11)16)7-10-4-2-3-5-17-10/h6,8,10H,2-5,7H2,1H3. The van der Waals surface area contributed by atoms with E-state index in [1.54, 1.807) is 22.2 Å². The van der Waals surface area contributed by atoms with Crippen molar-refractivity contribution in [3.63, 3.8) is 0 Å². The summed E-state index contributed by atoms with van der Waals surface area (Å²) >= 11 is 1.57. The van der Waals surface area contributed by atoms with E-state index in [0.717, 1.165) is 34.5 Å². The van der Waals surface area contributed by atoms with Crippen molar-refractivity contribution < 1.29 is 4.74 Å². The molecule has 96 valence electrons. The second-order valence-electron chi connectivity index (χ2n) is 4.77. The zero-order chi connectivity index (χ0) is 12.5. The number of hydrogen-bond acceptors (Lipinski definition) is 4. The minimum atomic E-state index is 0.0542. The summed E-state index contributed by atoms with van der Waals surface area (Å²) in [6, 6.07) is 1.92. The molecule has 0 bridgehead atoms. The molecule has 1 saturated heterocycles. The molecule has 4 nitrogen and oxygen atoms in total. The number of aryl methyl sites for hydroxylation is 1. The Bertz CT molecular complexity index is 611. The summed E-state index contributed by atoms with van der Waals surface area (Å²) in [5.41, 5.74) is 0.0542. The summed E-state index contributed by atoms with van der Waals surface area (Å²) < 4.78 is 7.35. The van der Waals surface area contributed by atoms with E-state index in [9.17, 15) is 4.79 Å². The molecule has 0 radical (unpaired) electrons. The maximum absolute atomic E-state index is 12.3. The second-order valence-corrected chi connectivity index (χ2v) is 6.00. The fourth-order valence-electron chi connectivity index (χ4n) is 2.38. The summed E-state index contributed by atoms with van der Waals surface area (Å²) in [6.07, 6.45) is 5.17. The normalized spacial score (nSPS) is 20.4. The number of thiophene rings is 1. The van der Waals surface area contributed by atoms with Crippen molar-refractivity contribution in [1.82, 2.24) is 9.55 Å². The molecule has 0 aromatic carbocycles. The van der Waals surface area contributed by atoms with E-state index in [4.69, 9.17) is 4.74 Å². The maximum atomic E-state index is 12.3. The lowest BCUT2D eigenvalue weighted by molar-refractivity contribution is 0.00536. The van der Waals surface area contributed by atoms with Gasteiger partial charge in [0.2, 0.25) is 0 Å². The third-order valence-electron chi connectivity index (χ3n) is 3.32. The first-order chi connectivity index (χ1) is 8.74. The van der Waals surface area contributed by atoms with Gasteiger partial charge >= 0.3 is 0 Å². The maximum Gasteiger partial charge on any atom is 0.262 e. The van der Waals surface area contributed by atoms with Gasteiger partial charge in [-0.1, -0.05) is 0 Å². The van der Waals surface area contributed by atoms with Gasteiger partial charge in [0, 0.05) is 11.5 Å². The summed E-state index contributed by atoms with van der Waals surface area (Å²) in [6.45, 7) is 3.43. The molecular weight excluding hydrogens is 248 g/mol. The Balaban J connectivity index is 1.91. The molecule has 1 atom stereocenters. The van der Waals surface area contributed by atoms with Crippen LogP contribution in [-0.4, -0.2) is 22.3 Å². The number of aromatic nitrogens is 2. The van der Waals surface area contributed by atoms with Gasteiger partial charge in [0.1, 0.15) is 4.83 Å². The molecule has 0 N–H and O–H groups in total. The molecule has 0 saturated carbocycles. The molecule has 1 unspecified atom stereocenters. The first kappa shape index (κ1) is 11.9. The van der Waals surface area contributed by atoms with Gasteiger partial charge in [-0.3, -0.25) is 9.36 Å². The van der Waals surface area contributed by atoms with Crippen LogP contribution in [0.1, 0.15) is 24.1 Å². The van der Waals surface area contributed by atoms with Crippen molar-refractivity contribution in [2.75, 3.05) is 6.61 Å². The minimum Gasteiger partial charge on any atom is -0.376 e. The fourth-order valence-corrected chi connectivity index (χ4v) is 3.22. The Hall–Kier alpha value is -1.20. The fraction of sp³-hybridized carbons (Fsp3) is 0.538. The highest BCUT2D eigenvalue weighted by atomic mass is 32.1. The van der Waals surface area contributed by atoms with Crippen LogP contribution in [0.25, 0.3) is 10.2 Å². The number of ether oxygens (including phenoxy) is 1. The lowest BCUT2D eigenvalue weighted by Crippen LogP contribution is -2.30. The van der Waals surface area contributed by atoms with Crippen LogP contribution in [0.3, 0.4) is 0 Å². The van der Waals surface area contributed by atoms with Crippen LogP contribution in [0.2, 0.25) is 0 Å². The number of fused-ring (bicyclic) bond motifs is 1. The van der Waals surface area contributed by atoms with Crippen LogP contribution >= 0.6 is 11.3 Å². The highest BCUT2D eigenvalue weighted by Crippen LogP contribution is 2.20. The SMILES string of the molecule is Cc1cc2c(=O)n(CC3CCCCO3)cnc2s1. The minimum absolute atomic E-state index is 0.0542. The van der Waals surface area contributed by atoms with Gasteiger partial charge in [0.15, 0.2) is 0 Å². The first-order valence-corrected chi connectivity index (χ1v) is 7.13. The van der Waals surface area contributed by atoms with Crippen LogP contribution in [-0.2, 0) is 11.3 Å². The molecule has 0 aliphatic carbocycles. The van der Waals surface area contributed by atoms with Crippen LogP contribution < -0.4 is 5.56 Å². The largest absolute Gasteiger partial charge is 0.376 e. The van der Waals surface area contributed by atoms with Crippen LogP contribution in [0.4, 0.5) is 0 Å². The second kappa shape index (κ2) is 4.82. The van der Waals surface area contributed by atoms with E-state index in [-0.39, 0.29) is 11.7 Å².